The topological polar surface area (TPSA) is 48.0 Å². The third-order valence-corrected chi connectivity index (χ3v) is 4.77. The quantitative estimate of drug-likeness (QED) is 0.857. The van der Waals surface area contributed by atoms with Gasteiger partial charge in [-0.15, -0.1) is 0 Å². The molecule has 0 aromatic heterocycles. The van der Waals surface area contributed by atoms with Crippen LogP contribution in [0.25, 0.3) is 0 Å². The molecular formula is C20H21NO4. The van der Waals surface area contributed by atoms with E-state index < -0.39 is 0 Å². The summed E-state index contributed by atoms with van der Waals surface area (Å²) in [6, 6.07) is 11.8. The number of ether oxygens (including phenoxy) is 3. The third-order valence-electron chi connectivity index (χ3n) is 4.77. The highest BCUT2D eigenvalue weighted by Gasteiger charge is 2.23. The molecular weight excluding hydrogens is 318 g/mol. The lowest BCUT2D eigenvalue weighted by molar-refractivity contribution is -0.118. The fourth-order valence-electron chi connectivity index (χ4n) is 3.44. The summed E-state index contributed by atoms with van der Waals surface area (Å²) in [6.07, 6.45) is 3.14. The predicted octanol–water partition coefficient (Wildman–Crippen LogP) is 3.34. The van der Waals surface area contributed by atoms with E-state index in [4.69, 9.17) is 14.2 Å². The summed E-state index contributed by atoms with van der Waals surface area (Å²) >= 11 is 0. The summed E-state index contributed by atoms with van der Waals surface area (Å²) in [5, 5.41) is 0. The fourth-order valence-corrected chi connectivity index (χ4v) is 3.44. The fraction of sp³-hybridized carbons (Fsp3) is 0.350. The maximum Gasteiger partial charge on any atom is 0.231 e. The van der Waals surface area contributed by atoms with Crippen LogP contribution in [-0.2, 0) is 17.6 Å². The van der Waals surface area contributed by atoms with Crippen molar-refractivity contribution in [1.29, 1.82) is 0 Å². The second kappa shape index (κ2) is 6.67. The molecule has 2 aliphatic rings. The van der Waals surface area contributed by atoms with Crippen LogP contribution in [0.15, 0.2) is 36.4 Å². The SMILES string of the molecule is COc1ccc2c(c1)CCCN2C(=O)CCc1ccc2c(c1)OCO2. The Morgan fingerprint density at radius 2 is 2.04 bits per heavy atom. The Morgan fingerprint density at radius 3 is 2.92 bits per heavy atom. The minimum atomic E-state index is 0.156. The van der Waals surface area contributed by atoms with Gasteiger partial charge in [0.25, 0.3) is 0 Å². The molecule has 0 atom stereocenters. The summed E-state index contributed by atoms with van der Waals surface area (Å²) in [7, 11) is 1.67. The van der Waals surface area contributed by atoms with E-state index in [0.29, 0.717) is 12.8 Å². The van der Waals surface area contributed by atoms with Gasteiger partial charge < -0.3 is 19.1 Å². The standard InChI is InChI=1S/C20H21NO4/c1-23-16-6-7-17-15(12-16)3-2-10-21(17)20(22)9-5-14-4-8-18-19(11-14)25-13-24-18/h4,6-8,11-12H,2-3,5,9-10,13H2,1H3. The van der Waals surface area contributed by atoms with Crippen LogP contribution in [-0.4, -0.2) is 26.4 Å². The minimum Gasteiger partial charge on any atom is -0.497 e. The maximum atomic E-state index is 12.8. The molecule has 0 spiro atoms. The smallest absolute Gasteiger partial charge is 0.231 e. The molecule has 5 heteroatoms. The molecule has 0 radical (unpaired) electrons. The van der Waals surface area contributed by atoms with Gasteiger partial charge in [0, 0.05) is 18.7 Å². The first-order valence-electron chi connectivity index (χ1n) is 8.60. The molecule has 2 aliphatic heterocycles. The van der Waals surface area contributed by atoms with Crippen LogP contribution in [0.1, 0.15) is 24.0 Å². The van der Waals surface area contributed by atoms with Crippen LogP contribution in [0.3, 0.4) is 0 Å². The monoisotopic (exact) mass is 339 g/mol. The molecule has 2 heterocycles. The molecule has 0 saturated heterocycles. The minimum absolute atomic E-state index is 0.156. The average Bonchev–Trinajstić information content (AvgIpc) is 3.13. The van der Waals surface area contributed by atoms with E-state index in [9.17, 15) is 4.79 Å². The molecule has 0 bridgehead atoms. The van der Waals surface area contributed by atoms with Crippen molar-refractivity contribution in [3.63, 3.8) is 0 Å². The number of carbonyl (C=O) groups excluding carboxylic acids is 1. The lowest BCUT2D eigenvalue weighted by atomic mass is 10.0. The van der Waals surface area contributed by atoms with Gasteiger partial charge in [0.15, 0.2) is 11.5 Å². The van der Waals surface area contributed by atoms with Gasteiger partial charge >= 0.3 is 0 Å². The zero-order valence-electron chi connectivity index (χ0n) is 14.3. The van der Waals surface area contributed by atoms with Crippen molar-refractivity contribution in [2.24, 2.45) is 0 Å². The Balaban J connectivity index is 1.45. The maximum absolute atomic E-state index is 12.8. The number of methoxy groups -OCH3 is 1. The van der Waals surface area contributed by atoms with Crippen LogP contribution in [0.4, 0.5) is 5.69 Å². The molecule has 4 rings (SSSR count). The zero-order chi connectivity index (χ0) is 17.2. The van der Waals surface area contributed by atoms with Crippen molar-refractivity contribution in [2.75, 3.05) is 25.3 Å². The second-order valence-electron chi connectivity index (χ2n) is 6.33. The predicted molar refractivity (Wildman–Crippen MR) is 94.6 cm³/mol. The number of carbonyl (C=O) groups is 1. The van der Waals surface area contributed by atoms with E-state index in [1.54, 1.807) is 7.11 Å². The Hall–Kier alpha value is -2.69. The largest absolute Gasteiger partial charge is 0.497 e. The van der Waals surface area contributed by atoms with E-state index in [-0.39, 0.29) is 12.7 Å². The van der Waals surface area contributed by atoms with Crippen LogP contribution in [0, 0.1) is 0 Å². The molecule has 0 fully saturated rings. The molecule has 1 amide bonds. The number of amides is 1. The van der Waals surface area contributed by atoms with Crippen molar-refractivity contribution in [3.05, 3.63) is 47.5 Å². The van der Waals surface area contributed by atoms with Gasteiger partial charge in [-0.1, -0.05) is 6.07 Å². The van der Waals surface area contributed by atoms with E-state index >= 15 is 0 Å². The number of fused-ring (bicyclic) bond motifs is 2. The third kappa shape index (κ3) is 3.14. The summed E-state index contributed by atoms with van der Waals surface area (Å²) < 4.78 is 16.0. The van der Waals surface area contributed by atoms with Crippen LogP contribution in [0.5, 0.6) is 17.2 Å². The summed E-state index contributed by atoms with van der Waals surface area (Å²) in [5.41, 5.74) is 3.29. The van der Waals surface area contributed by atoms with Gasteiger partial charge in [-0.05, 0) is 60.7 Å². The van der Waals surface area contributed by atoms with E-state index in [1.807, 2.05) is 41.3 Å². The Kier molecular flexibility index (Phi) is 4.22. The highest BCUT2D eigenvalue weighted by Crippen LogP contribution is 2.33. The van der Waals surface area contributed by atoms with Crippen molar-refractivity contribution in [2.45, 2.75) is 25.7 Å². The molecule has 130 valence electrons. The molecule has 2 aromatic carbocycles. The first-order chi connectivity index (χ1) is 12.2. The van der Waals surface area contributed by atoms with Crippen molar-refractivity contribution >= 4 is 11.6 Å². The number of aryl methyl sites for hydroxylation is 2. The number of rotatable bonds is 4. The van der Waals surface area contributed by atoms with Gasteiger partial charge in [0.2, 0.25) is 12.7 Å². The van der Waals surface area contributed by atoms with E-state index in [2.05, 4.69) is 0 Å². The lowest BCUT2D eigenvalue weighted by Crippen LogP contribution is -2.35. The van der Waals surface area contributed by atoms with E-state index in [0.717, 1.165) is 47.9 Å². The number of hydrogen-bond acceptors (Lipinski definition) is 4. The summed E-state index contributed by atoms with van der Waals surface area (Å²) in [6.45, 7) is 1.05. The molecule has 0 N–H and O–H groups in total. The molecule has 0 saturated carbocycles. The first kappa shape index (κ1) is 15.8. The second-order valence-corrected chi connectivity index (χ2v) is 6.33. The Morgan fingerprint density at radius 1 is 1.16 bits per heavy atom. The van der Waals surface area contributed by atoms with Crippen molar-refractivity contribution in [3.8, 4) is 17.2 Å². The number of nitrogens with zero attached hydrogens (tertiary/aromatic N) is 1. The van der Waals surface area contributed by atoms with Gasteiger partial charge in [-0.2, -0.15) is 0 Å². The van der Waals surface area contributed by atoms with E-state index in [1.165, 1.54) is 5.56 Å². The van der Waals surface area contributed by atoms with Gasteiger partial charge in [0.05, 0.1) is 7.11 Å². The van der Waals surface area contributed by atoms with Crippen molar-refractivity contribution < 1.29 is 19.0 Å². The number of hydrogen-bond donors (Lipinski definition) is 0. The Bertz CT molecular complexity index is 802. The number of benzene rings is 2. The highest BCUT2D eigenvalue weighted by atomic mass is 16.7. The highest BCUT2D eigenvalue weighted by molar-refractivity contribution is 5.94. The lowest BCUT2D eigenvalue weighted by Gasteiger charge is -2.30. The van der Waals surface area contributed by atoms with Crippen molar-refractivity contribution in [1.82, 2.24) is 0 Å². The summed E-state index contributed by atoms with van der Waals surface area (Å²) in [4.78, 5) is 14.7. The van der Waals surface area contributed by atoms with Crippen LogP contribution in [0.2, 0.25) is 0 Å². The molecule has 2 aromatic rings. The van der Waals surface area contributed by atoms with Gasteiger partial charge in [-0.25, -0.2) is 0 Å². The van der Waals surface area contributed by atoms with Gasteiger partial charge in [0.1, 0.15) is 5.75 Å². The average molecular weight is 339 g/mol. The normalized spacial score (nSPS) is 15.0. The molecule has 0 aliphatic carbocycles. The zero-order valence-corrected chi connectivity index (χ0v) is 14.3. The first-order valence-corrected chi connectivity index (χ1v) is 8.60. The molecule has 25 heavy (non-hydrogen) atoms. The Labute approximate surface area is 147 Å². The van der Waals surface area contributed by atoms with Gasteiger partial charge in [-0.3, -0.25) is 4.79 Å². The summed E-state index contributed by atoms with van der Waals surface area (Å²) in [5.74, 6) is 2.53. The van der Waals surface area contributed by atoms with Crippen LogP contribution >= 0.6 is 0 Å². The molecule has 0 unspecified atom stereocenters. The molecule has 5 nitrogen and oxygen atoms in total. The number of anilines is 1. The van der Waals surface area contributed by atoms with Crippen LogP contribution < -0.4 is 19.1 Å².